The first-order valence-electron chi connectivity index (χ1n) is 7.20. The lowest BCUT2D eigenvalue weighted by atomic mass is 10.1. The van der Waals surface area contributed by atoms with Crippen molar-refractivity contribution in [2.24, 2.45) is 11.8 Å². The number of aliphatic hydroxyl groups excluding tert-OH is 1. The van der Waals surface area contributed by atoms with Crippen molar-refractivity contribution in [3.63, 3.8) is 0 Å². The Balaban J connectivity index is 2.06. The summed E-state index contributed by atoms with van der Waals surface area (Å²) in [6.07, 6.45) is 2.16. The molecule has 0 spiro atoms. The lowest BCUT2D eigenvalue weighted by molar-refractivity contribution is 0.0269. The standard InChI is InChI=1S/C14H29NO3/c1-4-17-10-14(11(2)3)15-7-13(16)9-18-8-12-5-6-12/h11-16H,4-10H2,1-3H3. The smallest absolute Gasteiger partial charge is 0.0897 e. The predicted octanol–water partition coefficient (Wildman–Crippen LogP) is 1.42. The molecule has 1 fully saturated rings. The van der Waals surface area contributed by atoms with E-state index >= 15 is 0 Å². The average molecular weight is 259 g/mol. The Bertz CT molecular complexity index is 207. The van der Waals surface area contributed by atoms with E-state index in [1.807, 2.05) is 6.92 Å². The van der Waals surface area contributed by atoms with Gasteiger partial charge in [-0.1, -0.05) is 13.8 Å². The van der Waals surface area contributed by atoms with Crippen LogP contribution in [0.1, 0.15) is 33.6 Å². The first kappa shape index (κ1) is 15.9. The van der Waals surface area contributed by atoms with Gasteiger partial charge in [0, 0.05) is 25.8 Å². The van der Waals surface area contributed by atoms with Gasteiger partial charge >= 0.3 is 0 Å². The molecule has 2 unspecified atom stereocenters. The molecule has 1 aliphatic rings. The fourth-order valence-corrected chi connectivity index (χ4v) is 1.73. The van der Waals surface area contributed by atoms with Crippen molar-refractivity contribution in [3.05, 3.63) is 0 Å². The Labute approximate surface area is 111 Å². The van der Waals surface area contributed by atoms with Crippen LogP contribution in [0.15, 0.2) is 0 Å². The highest BCUT2D eigenvalue weighted by Crippen LogP contribution is 2.28. The van der Waals surface area contributed by atoms with Gasteiger partial charge in [0.15, 0.2) is 0 Å². The molecule has 1 aliphatic carbocycles. The van der Waals surface area contributed by atoms with Crippen molar-refractivity contribution in [2.75, 3.05) is 33.0 Å². The third-order valence-corrected chi connectivity index (χ3v) is 3.28. The molecule has 4 heteroatoms. The van der Waals surface area contributed by atoms with Crippen molar-refractivity contribution in [3.8, 4) is 0 Å². The molecule has 0 saturated heterocycles. The Morgan fingerprint density at radius 2 is 1.94 bits per heavy atom. The van der Waals surface area contributed by atoms with E-state index in [1.165, 1.54) is 12.8 Å². The molecule has 1 rings (SSSR count). The summed E-state index contributed by atoms with van der Waals surface area (Å²) < 4.78 is 10.9. The van der Waals surface area contributed by atoms with Gasteiger partial charge in [-0.25, -0.2) is 0 Å². The second-order valence-corrected chi connectivity index (χ2v) is 5.55. The largest absolute Gasteiger partial charge is 0.389 e. The highest BCUT2D eigenvalue weighted by molar-refractivity contribution is 4.74. The number of aliphatic hydroxyl groups is 1. The summed E-state index contributed by atoms with van der Waals surface area (Å²) >= 11 is 0. The summed E-state index contributed by atoms with van der Waals surface area (Å²) in [7, 11) is 0. The zero-order chi connectivity index (χ0) is 13.4. The summed E-state index contributed by atoms with van der Waals surface area (Å²) in [4.78, 5) is 0. The average Bonchev–Trinajstić information content (AvgIpc) is 3.12. The molecule has 2 atom stereocenters. The molecule has 108 valence electrons. The van der Waals surface area contributed by atoms with Crippen LogP contribution in [0, 0.1) is 11.8 Å². The molecule has 0 aromatic heterocycles. The van der Waals surface area contributed by atoms with Gasteiger partial charge in [-0.2, -0.15) is 0 Å². The van der Waals surface area contributed by atoms with Crippen LogP contribution in [0.2, 0.25) is 0 Å². The maximum absolute atomic E-state index is 9.81. The van der Waals surface area contributed by atoms with E-state index in [4.69, 9.17) is 9.47 Å². The summed E-state index contributed by atoms with van der Waals surface area (Å²) in [5.74, 6) is 1.25. The van der Waals surface area contributed by atoms with Gasteiger partial charge in [-0.15, -0.1) is 0 Å². The molecule has 4 nitrogen and oxygen atoms in total. The molecule has 0 aliphatic heterocycles. The fourth-order valence-electron chi connectivity index (χ4n) is 1.73. The normalized spacial score (nSPS) is 19.2. The van der Waals surface area contributed by atoms with E-state index in [0.29, 0.717) is 31.7 Å². The maximum atomic E-state index is 9.81. The molecule has 0 heterocycles. The van der Waals surface area contributed by atoms with Crippen LogP contribution in [0.3, 0.4) is 0 Å². The van der Waals surface area contributed by atoms with Gasteiger partial charge in [-0.3, -0.25) is 0 Å². The number of hydrogen-bond donors (Lipinski definition) is 2. The topological polar surface area (TPSA) is 50.7 Å². The van der Waals surface area contributed by atoms with Crippen molar-refractivity contribution < 1.29 is 14.6 Å². The van der Waals surface area contributed by atoms with E-state index in [0.717, 1.165) is 19.1 Å². The molecule has 2 N–H and O–H groups in total. The highest BCUT2D eigenvalue weighted by atomic mass is 16.5. The second kappa shape index (κ2) is 8.86. The number of rotatable bonds is 11. The molecule has 0 bridgehead atoms. The summed E-state index contributed by atoms with van der Waals surface area (Å²) in [5, 5.41) is 13.2. The monoisotopic (exact) mass is 259 g/mol. The van der Waals surface area contributed by atoms with Crippen LogP contribution in [0.5, 0.6) is 0 Å². The molecular formula is C14H29NO3. The zero-order valence-corrected chi connectivity index (χ0v) is 12.0. The molecule has 0 radical (unpaired) electrons. The predicted molar refractivity (Wildman–Crippen MR) is 72.7 cm³/mol. The summed E-state index contributed by atoms with van der Waals surface area (Å²) in [6, 6.07) is 0.294. The minimum atomic E-state index is -0.424. The van der Waals surface area contributed by atoms with Gasteiger partial charge in [0.05, 0.1) is 19.3 Å². The van der Waals surface area contributed by atoms with Crippen LogP contribution in [-0.4, -0.2) is 50.2 Å². The highest BCUT2D eigenvalue weighted by Gasteiger charge is 2.21. The summed E-state index contributed by atoms with van der Waals surface area (Å²) in [6.45, 7) is 9.56. The number of nitrogens with one attached hydrogen (secondary N) is 1. The lowest BCUT2D eigenvalue weighted by Gasteiger charge is -2.23. The first-order valence-corrected chi connectivity index (χ1v) is 7.20. The first-order chi connectivity index (χ1) is 8.63. The molecule has 0 amide bonds. The van der Waals surface area contributed by atoms with Gasteiger partial charge in [-0.05, 0) is 31.6 Å². The van der Waals surface area contributed by atoms with Crippen LogP contribution < -0.4 is 5.32 Å². The molecule has 1 saturated carbocycles. The Hall–Kier alpha value is -0.160. The molecule has 18 heavy (non-hydrogen) atoms. The maximum Gasteiger partial charge on any atom is 0.0897 e. The van der Waals surface area contributed by atoms with E-state index in [2.05, 4.69) is 19.2 Å². The summed E-state index contributed by atoms with van der Waals surface area (Å²) in [5.41, 5.74) is 0. The molecule has 0 aromatic rings. The SMILES string of the molecule is CCOCC(NCC(O)COCC1CC1)C(C)C. The Kier molecular flexibility index (Phi) is 7.82. The van der Waals surface area contributed by atoms with Crippen molar-refractivity contribution in [1.29, 1.82) is 0 Å². The minimum absolute atomic E-state index is 0.294. The fraction of sp³-hybridized carbons (Fsp3) is 1.00. The van der Waals surface area contributed by atoms with E-state index in [-0.39, 0.29) is 0 Å². The van der Waals surface area contributed by atoms with Gasteiger partial charge in [0.25, 0.3) is 0 Å². The molecule has 0 aromatic carbocycles. The van der Waals surface area contributed by atoms with Crippen LogP contribution >= 0.6 is 0 Å². The van der Waals surface area contributed by atoms with Crippen molar-refractivity contribution >= 4 is 0 Å². The number of hydrogen-bond acceptors (Lipinski definition) is 4. The van der Waals surface area contributed by atoms with Crippen LogP contribution in [-0.2, 0) is 9.47 Å². The Morgan fingerprint density at radius 3 is 2.50 bits per heavy atom. The third-order valence-electron chi connectivity index (χ3n) is 3.28. The quantitative estimate of drug-likeness (QED) is 0.589. The van der Waals surface area contributed by atoms with E-state index in [1.54, 1.807) is 0 Å². The Morgan fingerprint density at radius 1 is 1.22 bits per heavy atom. The van der Waals surface area contributed by atoms with E-state index in [9.17, 15) is 5.11 Å². The van der Waals surface area contributed by atoms with Gasteiger partial charge in [0.2, 0.25) is 0 Å². The minimum Gasteiger partial charge on any atom is -0.389 e. The molecular weight excluding hydrogens is 230 g/mol. The van der Waals surface area contributed by atoms with Gasteiger partial charge < -0.3 is 19.9 Å². The number of ether oxygens (including phenoxy) is 2. The van der Waals surface area contributed by atoms with Gasteiger partial charge in [0.1, 0.15) is 0 Å². The van der Waals surface area contributed by atoms with Crippen molar-refractivity contribution in [2.45, 2.75) is 45.8 Å². The van der Waals surface area contributed by atoms with E-state index < -0.39 is 6.10 Å². The van der Waals surface area contributed by atoms with Crippen LogP contribution in [0.25, 0.3) is 0 Å². The van der Waals surface area contributed by atoms with Crippen molar-refractivity contribution in [1.82, 2.24) is 5.32 Å². The zero-order valence-electron chi connectivity index (χ0n) is 12.0. The third kappa shape index (κ3) is 7.31. The lowest BCUT2D eigenvalue weighted by Crippen LogP contribution is -2.43. The van der Waals surface area contributed by atoms with Crippen LogP contribution in [0.4, 0.5) is 0 Å². The second-order valence-electron chi connectivity index (χ2n) is 5.55.